The zero-order chi connectivity index (χ0) is 21.0. The summed E-state index contributed by atoms with van der Waals surface area (Å²) in [6.07, 6.45) is -0.391. The van der Waals surface area contributed by atoms with E-state index in [-0.39, 0.29) is 5.82 Å². The van der Waals surface area contributed by atoms with Crippen LogP contribution in [-0.4, -0.2) is 77.2 Å². The second-order valence-corrected chi connectivity index (χ2v) is 8.11. The molecule has 0 N–H and O–H groups in total. The van der Waals surface area contributed by atoms with Crippen molar-refractivity contribution in [3.05, 3.63) is 35.7 Å². The minimum atomic E-state index is -4.39. The smallest absolute Gasteiger partial charge is 0.338 e. The van der Waals surface area contributed by atoms with E-state index in [1.807, 2.05) is 0 Å². The van der Waals surface area contributed by atoms with Crippen molar-refractivity contribution in [3.8, 4) is 11.4 Å². The molecule has 0 radical (unpaired) electrons. The van der Waals surface area contributed by atoms with Gasteiger partial charge in [0.05, 0.1) is 12.1 Å². The lowest BCUT2D eigenvalue weighted by Gasteiger charge is -2.35. The number of piperidine rings is 1. The van der Waals surface area contributed by atoms with E-state index in [4.69, 9.17) is 4.52 Å². The van der Waals surface area contributed by atoms with Crippen LogP contribution in [0.1, 0.15) is 30.7 Å². The number of rotatable bonds is 6. The molecule has 3 heterocycles. The summed E-state index contributed by atoms with van der Waals surface area (Å²) < 4.78 is 44.0. The molecule has 0 amide bonds. The summed E-state index contributed by atoms with van der Waals surface area (Å²) >= 11 is 0. The first-order chi connectivity index (χ1) is 14.5. The van der Waals surface area contributed by atoms with Gasteiger partial charge in [0.2, 0.25) is 11.7 Å². The van der Waals surface area contributed by atoms with Crippen LogP contribution in [0.3, 0.4) is 0 Å². The van der Waals surface area contributed by atoms with Crippen LogP contribution >= 0.6 is 0 Å². The Balaban J connectivity index is 1.26. The Labute approximate surface area is 174 Å². The van der Waals surface area contributed by atoms with E-state index >= 15 is 0 Å². The molecular weight excluding hydrogens is 395 g/mol. The first kappa shape index (κ1) is 21.3. The topological polar surface area (TPSA) is 48.6 Å². The number of benzene rings is 1. The molecule has 30 heavy (non-hydrogen) atoms. The molecule has 2 aliphatic rings. The highest BCUT2D eigenvalue weighted by atomic mass is 19.4. The molecule has 0 unspecified atom stereocenters. The van der Waals surface area contributed by atoms with Gasteiger partial charge in [0.15, 0.2) is 0 Å². The van der Waals surface area contributed by atoms with Gasteiger partial charge >= 0.3 is 6.18 Å². The molecule has 0 atom stereocenters. The van der Waals surface area contributed by atoms with Gasteiger partial charge in [-0.3, -0.25) is 9.80 Å². The van der Waals surface area contributed by atoms with Crippen LogP contribution in [-0.2, 0) is 12.7 Å². The van der Waals surface area contributed by atoms with E-state index in [0.717, 1.165) is 51.4 Å². The summed E-state index contributed by atoms with van der Waals surface area (Å²) in [4.78, 5) is 11.6. The molecule has 2 saturated heterocycles. The van der Waals surface area contributed by atoms with Crippen molar-refractivity contribution < 1.29 is 17.7 Å². The Morgan fingerprint density at radius 3 is 2.23 bits per heavy atom. The van der Waals surface area contributed by atoms with Crippen molar-refractivity contribution in [1.29, 1.82) is 0 Å². The lowest BCUT2D eigenvalue weighted by Crippen LogP contribution is -2.48. The largest absolute Gasteiger partial charge is 0.416 e. The fraction of sp³-hybridized carbons (Fsp3) is 0.619. The van der Waals surface area contributed by atoms with Gasteiger partial charge in [-0.2, -0.15) is 18.2 Å². The third kappa shape index (κ3) is 5.59. The van der Waals surface area contributed by atoms with Crippen molar-refractivity contribution >= 4 is 0 Å². The normalized spacial score (nSPS) is 20.0. The third-order valence-electron chi connectivity index (χ3n) is 5.92. The summed E-state index contributed by atoms with van der Waals surface area (Å²) in [7, 11) is 0. The second-order valence-electron chi connectivity index (χ2n) is 8.11. The van der Waals surface area contributed by atoms with Crippen molar-refractivity contribution in [3.63, 3.8) is 0 Å². The lowest BCUT2D eigenvalue weighted by atomic mass is 10.1. The van der Waals surface area contributed by atoms with Gasteiger partial charge in [-0.25, -0.2) is 0 Å². The van der Waals surface area contributed by atoms with E-state index in [1.165, 1.54) is 38.4 Å². The number of alkyl halides is 3. The molecular formula is C21H28F3N5O. The fourth-order valence-corrected chi connectivity index (χ4v) is 4.10. The van der Waals surface area contributed by atoms with E-state index < -0.39 is 11.7 Å². The minimum absolute atomic E-state index is 0.191. The first-order valence-corrected chi connectivity index (χ1v) is 10.6. The van der Waals surface area contributed by atoms with E-state index in [0.29, 0.717) is 18.0 Å². The number of hydrogen-bond acceptors (Lipinski definition) is 6. The SMILES string of the molecule is FC(F)(F)c1cccc(-c2noc(CN3CCN(CCN4CCCCC4)CC3)n2)c1. The summed E-state index contributed by atoms with van der Waals surface area (Å²) in [6, 6.07) is 5.01. The fourth-order valence-electron chi connectivity index (χ4n) is 4.10. The Morgan fingerprint density at radius 2 is 1.53 bits per heavy atom. The number of piperazine rings is 1. The molecule has 0 bridgehead atoms. The molecule has 0 aliphatic carbocycles. The third-order valence-corrected chi connectivity index (χ3v) is 5.92. The van der Waals surface area contributed by atoms with E-state index in [9.17, 15) is 13.2 Å². The van der Waals surface area contributed by atoms with Gasteiger partial charge in [-0.1, -0.05) is 23.7 Å². The van der Waals surface area contributed by atoms with Gasteiger partial charge in [-0.15, -0.1) is 0 Å². The average Bonchev–Trinajstić information content (AvgIpc) is 3.22. The summed E-state index contributed by atoms with van der Waals surface area (Å²) in [5.74, 6) is 0.625. The second kappa shape index (κ2) is 9.45. The summed E-state index contributed by atoms with van der Waals surface area (Å²) in [6.45, 7) is 9.06. The van der Waals surface area contributed by atoms with Crippen LogP contribution in [0.25, 0.3) is 11.4 Å². The minimum Gasteiger partial charge on any atom is -0.338 e. The Morgan fingerprint density at radius 1 is 0.867 bits per heavy atom. The zero-order valence-corrected chi connectivity index (χ0v) is 17.1. The van der Waals surface area contributed by atoms with E-state index in [1.54, 1.807) is 6.07 Å². The average molecular weight is 423 g/mol. The maximum atomic E-state index is 12.9. The maximum Gasteiger partial charge on any atom is 0.416 e. The predicted octanol–water partition coefficient (Wildman–Crippen LogP) is 3.36. The van der Waals surface area contributed by atoms with Crippen molar-refractivity contribution in [2.24, 2.45) is 0 Å². The van der Waals surface area contributed by atoms with Gasteiger partial charge < -0.3 is 9.42 Å². The predicted molar refractivity (Wildman–Crippen MR) is 107 cm³/mol. The first-order valence-electron chi connectivity index (χ1n) is 10.6. The number of halogens is 3. The molecule has 2 fully saturated rings. The zero-order valence-electron chi connectivity index (χ0n) is 17.1. The molecule has 6 nitrogen and oxygen atoms in total. The van der Waals surface area contributed by atoms with Crippen LogP contribution < -0.4 is 0 Å². The lowest BCUT2D eigenvalue weighted by molar-refractivity contribution is -0.137. The number of likely N-dealkylation sites (tertiary alicyclic amines) is 1. The van der Waals surface area contributed by atoms with Crippen LogP contribution in [0.15, 0.2) is 28.8 Å². The Kier molecular flexibility index (Phi) is 6.70. The quantitative estimate of drug-likeness (QED) is 0.710. The summed E-state index contributed by atoms with van der Waals surface area (Å²) in [5, 5.41) is 3.88. The van der Waals surface area contributed by atoms with Crippen LogP contribution in [0.5, 0.6) is 0 Å². The molecule has 0 spiro atoms. The molecule has 2 aromatic rings. The molecule has 2 aliphatic heterocycles. The number of nitrogens with zero attached hydrogens (tertiary/aromatic N) is 5. The number of aromatic nitrogens is 2. The van der Waals surface area contributed by atoms with Gasteiger partial charge in [0.25, 0.3) is 0 Å². The highest BCUT2D eigenvalue weighted by Crippen LogP contribution is 2.31. The maximum absolute atomic E-state index is 12.9. The van der Waals surface area contributed by atoms with Gasteiger partial charge in [-0.05, 0) is 38.1 Å². The standard InChI is InChI=1S/C21H28F3N5O/c22-21(23,24)18-6-4-5-17(15-18)20-25-19(30-26-20)16-29-13-11-28(12-14-29)10-9-27-7-2-1-3-8-27/h4-6,15H,1-3,7-14,16H2. The molecule has 164 valence electrons. The van der Waals surface area contributed by atoms with Crippen LogP contribution in [0, 0.1) is 0 Å². The highest BCUT2D eigenvalue weighted by Gasteiger charge is 2.31. The van der Waals surface area contributed by atoms with Crippen molar-refractivity contribution in [2.75, 3.05) is 52.4 Å². The molecule has 0 saturated carbocycles. The van der Waals surface area contributed by atoms with E-state index in [2.05, 4.69) is 24.8 Å². The van der Waals surface area contributed by atoms with Gasteiger partial charge in [0, 0.05) is 44.8 Å². The van der Waals surface area contributed by atoms with Crippen LogP contribution in [0.2, 0.25) is 0 Å². The van der Waals surface area contributed by atoms with Gasteiger partial charge in [0.1, 0.15) is 0 Å². The molecule has 1 aromatic heterocycles. The van der Waals surface area contributed by atoms with Crippen molar-refractivity contribution in [1.82, 2.24) is 24.8 Å². The molecule has 9 heteroatoms. The Bertz CT molecular complexity index is 811. The number of hydrogen-bond donors (Lipinski definition) is 0. The summed E-state index contributed by atoms with van der Waals surface area (Å²) in [5.41, 5.74) is -0.408. The Hall–Kier alpha value is -1.97. The highest BCUT2D eigenvalue weighted by molar-refractivity contribution is 5.55. The van der Waals surface area contributed by atoms with Crippen molar-refractivity contribution in [2.45, 2.75) is 32.0 Å². The molecule has 4 rings (SSSR count). The molecule has 1 aromatic carbocycles. The monoisotopic (exact) mass is 423 g/mol. The van der Waals surface area contributed by atoms with Crippen LogP contribution in [0.4, 0.5) is 13.2 Å².